The molecule has 3 N–H and O–H groups in total. The lowest BCUT2D eigenvalue weighted by Gasteiger charge is -2.15. The fourth-order valence-electron chi connectivity index (χ4n) is 2.76. The number of benzene rings is 2. The van der Waals surface area contributed by atoms with Gasteiger partial charge in [0.2, 0.25) is 6.79 Å². The van der Waals surface area contributed by atoms with Gasteiger partial charge >= 0.3 is 0 Å². The molecule has 9 heteroatoms. The fourth-order valence-corrected chi connectivity index (χ4v) is 2.93. The van der Waals surface area contributed by atoms with E-state index in [0.29, 0.717) is 33.6 Å². The Bertz CT molecular complexity index is 890. The Kier molecular flexibility index (Phi) is 6.23. The maximum Gasteiger partial charge on any atom is 0.279 e. The summed E-state index contributed by atoms with van der Waals surface area (Å²) in [5.74, 6) is 1.27. The summed E-state index contributed by atoms with van der Waals surface area (Å²) in [7, 11) is 3.27. The van der Waals surface area contributed by atoms with Gasteiger partial charge in [0.1, 0.15) is 5.75 Å². The molecule has 0 aliphatic carbocycles. The van der Waals surface area contributed by atoms with Crippen molar-refractivity contribution in [1.29, 1.82) is 0 Å². The lowest BCUT2D eigenvalue weighted by Crippen LogP contribution is -3.11. The lowest BCUT2D eigenvalue weighted by molar-refractivity contribution is -0.862. The highest BCUT2D eigenvalue weighted by Gasteiger charge is 2.18. The molecule has 0 radical (unpaired) electrons. The molecule has 0 saturated carbocycles. The Labute approximate surface area is 167 Å². The second-order valence-corrected chi connectivity index (χ2v) is 6.76. The van der Waals surface area contributed by atoms with E-state index < -0.39 is 0 Å². The summed E-state index contributed by atoms with van der Waals surface area (Å²) in [6.45, 7) is 0.394. The molecule has 1 aliphatic heterocycles. The minimum Gasteiger partial charge on any atom is -0.495 e. The Morgan fingerprint density at radius 1 is 1.07 bits per heavy atom. The second kappa shape index (κ2) is 8.81. The number of nitrogens with one attached hydrogen (secondary N) is 3. The van der Waals surface area contributed by atoms with E-state index in [4.69, 9.17) is 25.8 Å². The molecule has 2 amide bonds. The van der Waals surface area contributed by atoms with E-state index in [0.717, 1.165) is 4.90 Å². The van der Waals surface area contributed by atoms with E-state index in [9.17, 15) is 9.59 Å². The van der Waals surface area contributed by atoms with Gasteiger partial charge in [-0.1, -0.05) is 11.6 Å². The van der Waals surface area contributed by atoms with Crippen molar-refractivity contribution in [2.45, 2.75) is 0 Å². The SMILES string of the molecule is COc1ccc(Cl)cc1NC(=O)C[NH+](C)CC(=O)Nc1ccc2c(c1)OCO2. The fraction of sp³-hybridized carbons (Fsp3) is 0.263. The number of carbonyl (C=O) groups is 2. The van der Waals surface area contributed by atoms with Gasteiger partial charge in [-0.2, -0.15) is 0 Å². The first-order chi connectivity index (χ1) is 13.4. The van der Waals surface area contributed by atoms with Crippen LogP contribution in [0.4, 0.5) is 11.4 Å². The van der Waals surface area contributed by atoms with Gasteiger partial charge in [-0.05, 0) is 30.3 Å². The first-order valence-electron chi connectivity index (χ1n) is 8.59. The molecule has 1 unspecified atom stereocenters. The first-order valence-corrected chi connectivity index (χ1v) is 8.96. The van der Waals surface area contributed by atoms with Gasteiger partial charge in [0, 0.05) is 16.8 Å². The van der Waals surface area contributed by atoms with Crippen molar-refractivity contribution in [3.63, 3.8) is 0 Å². The van der Waals surface area contributed by atoms with Crippen LogP contribution in [-0.2, 0) is 9.59 Å². The van der Waals surface area contributed by atoms with Crippen LogP contribution in [0.5, 0.6) is 17.2 Å². The van der Waals surface area contributed by atoms with Crippen molar-refractivity contribution in [2.24, 2.45) is 0 Å². The molecule has 28 heavy (non-hydrogen) atoms. The number of likely N-dealkylation sites (N-methyl/N-ethyl adjacent to an activating group) is 1. The van der Waals surface area contributed by atoms with E-state index >= 15 is 0 Å². The van der Waals surface area contributed by atoms with Crippen LogP contribution in [0.1, 0.15) is 0 Å². The zero-order valence-electron chi connectivity index (χ0n) is 15.5. The van der Waals surface area contributed by atoms with Crippen LogP contribution < -0.4 is 29.7 Å². The number of quaternary nitrogens is 1. The highest BCUT2D eigenvalue weighted by atomic mass is 35.5. The summed E-state index contributed by atoms with van der Waals surface area (Å²) < 4.78 is 15.7. The Hall–Kier alpha value is -2.97. The molecule has 8 nitrogen and oxygen atoms in total. The van der Waals surface area contributed by atoms with Gasteiger partial charge in [-0.25, -0.2) is 0 Å². The smallest absolute Gasteiger partial charge is 0.279 e. The van der Waals surface area contributed by atoms with Crippen molar-refractivity contribution in [3.8, 4) is 17.2 Å². The number of methoxy groups -OCH3 is 1. The first kappa shape index (κ1) is 19.8. The zero-order valence-corrected chi connectivity index (χ0v) is 16.3. The topological polar surface area (TPSA) is 90.3 Å². The molecular formula is C19H21ClN3O5+. The summed E-state index contributed by atoms with van der Waals surface area (Å²) in [6.07, 6.45) is 0. The van der Waals surface area contributed by atoms with Gasteiger partial charge in [0.05, 0.1) is 19.8 Å². The van der Waals surface area contributed by atoms with Crippen molar-refractivity contribution in [3.05, 3.63) is 41.4 Å². The number of hydrogen-bond donors (Lipinski definition) is 3. The molecule has 3 rings (SSSR count). The largest absolute Gasteiger partial charge is 0.495 e. The summed E-state index contributed by atoms with van der Waals surface area (Å²) in [5, 5.41) is 6.03. The van der Waals surface area contributed by atoms with Crippen LogP contribution in [-0.4, -0.2) is 45.9 Å². The van der Waals surface area contributed by atoms with E-state index in [1.54, 1.807) is 43.4 Å². The minimum atomic E-state index is -0.256. The van der Waals surface area contributed by atoms with Crippen molar-refractivity contribution < 1.29 is 28.7 Å². The van der Waals surface area contributed by atoms with Crippen LogP contribution in [0, 0.1) is 0 Å². The van der Waals surface area contributed by atoms with Crippen LogP contribution in [0.25, 0.3) is 0 Å². The molecule has 1 aliphatic rings. The molecule has 148 valence electrons. The quantitative estimate of drug-likeness (QED) is 0.642. The molecule has 0 spiro atoms. The molecule has 0 aromatic heterocycles. The number of anilines is 2. The number of hydrogen-bond acceptors (Lipinski definition) is 5. The third-order valence-electron chi connectivity index (χ3n) is 4.02. The highest BCUT2D eigenvalue weighted by Crippen LogP contribution is 2.34. The number of fused-ring (bicyclic) bond motifs is 1. The lowest BCUT2D eigenvalue weighted by atomic mass is 10.2. The third-order valence-corrected chi connectivity index (χ3v) is 4.25. The maximum absolute atomic E-state index is 12.3. The summed E-state index contributed by atoms with van der Waals surface area (Å²) >= 11 is 5.96. The van der Waals surface area contributed by atoms with Crippen LogP contribution in [0.15, 0.2) is 36.4 Å². The monoisotopic (exact) mass is 406 g/mol. The maximum atomic E-state index is 12.3. The standard InChI is InChI=1S/C19H20ClN3O5/c1-23(10-19(25)22-14-7-12(20)3-5-15(14)26-2)9-18(24)21-13-4-6-16-17(8-13)28-11-27-16/h3-8H,9-11H2,1-2H3,(H,21,24)(H,22,25)/p+1. The van der Waals surface area contributed by atoms with E-state index in [-0.39, 0.29) is 31.7 Å². The third kappa shape index (κ3) is 5.05. The van der Waals surface area contributed by atoms with Gasteiger partial charge in [0.15, 0.2) is 24.6 Å². The van der Waals surface area contributed by atoms with E-state index in [1.165, 1.54) is 7.11 Å². The number of carbonyl (C=O) groups excluding carboxylic acids is 2. The van der Waals surface area contributed by atoms with Crippen molar-refractivity contribution in [1.82, 2.24) is 0 Å². The second-order valence-electron chi connectivity index (χ2n) is 6.32. The predicted molar refractivity (Wildman–Crippen MR) is 104 cm³/mol. The van der Waals surface area contributed by atoms with E-state index in [1.807, 2.05) is 0 Å². The Balaban J connectivity index is 1.50. The molecule has 0 fully saturated rings. The minimum absolute atomic E-state index is 0.101. The van der Waals surface area contributed by atoms with Crippen LogP contribution in [0.2, 0.25) is 5.02 Å². The summed E-state index contributed by atoms with van der Waals surface area (Å²) in [6, 6.07) is 10.1. The van der Waals surface area contributed by atoms with Gasteiger partial charge in [0.25, 0.3) is 11.8 Å². The molecular weight excluding hydrogens is 386 g/mol. The molecule has 0 saturated heterocycles. The molecule has 2 aromatic rings. The Morgan fingerprint density at radius 3 is 2.54 bits per heavy atom. The average molecular weight is 407 g/mol. The molecule has 0 bridgehead atoms. The summed E-state index contributed by atoms with van der Waals surface area (Å²) in [5.41, 5.74) is 1.09. The Morgan fingerprint density at radius 2 is 1.79 bits per heavy atom. The molecule has 1 heterocycles. The highest BCUT2D eigenvalue weighted by molar-refractivity contribution is 6.31. The van der Waals surface area contributed by atoms with Crippen molar-refractivity contribution in [2.75, 3.05) is 44.7 Å². The number of rotatable bonds is 7. The number of halogens is 1. The number of ether oxygens (including phenoxy) is 3. The van der Waals surface area contributed by atoms with Crippen LogP contribution in [0.3, 0.4) is 0 Å². The van der Waals surface area contributed by atoms with Crippen LogP contribution >= 0.6 is 11.6 Å². The summed E-state index contributed by atoms with van der Waals surface area (Å²) in [4.78, 5) is 25.2. The zero-order chi connectivity index (χ0) is 20.1. The molecule has 1 atom stereocenters. The van der Waals surface area contributed by atoms with Gasteiger partial charge < -0.3 is 29.7 Å². The van der Waals surface area contributed by atoms with Gasteiger partial charge in [-0.3, -0.25) is 9.59 Å². The predicted octanol–water partition coefficient (Wildman–Crippen LogP) is 1.17. The van der Waals surface area contributed by atoms with Crippen molar-refractivity contribution >= 4 is 34.8 Å². The van der Waals surface area contributed by atoms with Gasteiger partial charge in [-0.15, -0.1) is 0 Å². The average Bonchev–Trinajstić information content (AvgIpc) is 3.09. The number of amides is 2. The normalized spacial score (nSPS) is 13.0. The molecule has 2 aromatic carbocycles. The van der Waals surface area contributed by atoms with E-state index in [2.05, 4.69) is 10.6 Å².